The summed E-state index contributed by atoms with van der Waals surface area (Å²) < 4.78 is 2.24. The van der Waals surface area contributed by atoms with E-state index in [9.17, 15) is 4.79 Å². The second kappa shape index (κ2) is 11.9. The van der Waals surface area contributed by atoms with Gasteiger partial charge < -0.3 is 10.2 Å². The first-order valence-corrected chi connectivity index (χ1v) is 12.9. The van der Waals surface area contributed by atoms with Crippen LogP contribution in [0.25, 0.3) is 10.9 Å². The minimum atomic E-state index is -0.183. The number of amides is 1. The topological polar surface area (TPSA) is 85.2 Å². The lowest BCUT2D eigenvalue weighted by atomic mass is 9.88. The van der Waals surface area contributed by atoms with E-state index in [-0.39, 0.29) is 5.41 Å². The molecule has 1 amide bonds. The highest BCUT2D eigenvalue weighted by Gasteiger charge is 2.30. The number of fused-ring (bicyclic) bond motifs is 1. The maximum Gasteiger partial charge on any atom is 0.228 e. The summed E-state index contributed by atoms with van der Waals surface area (Å²) >= 11 is 2.36. The van der Waals surface area contributed by atoms with Crippen LogP contribution in [0.4, 0.5) is 5.82 Å². The molecule has 7 nitrogen and oxygen atoms in total. The second-order valence-corrected chi connectivity index (χ2v) is 10.5. The van der Waals surface area contributed by atoms with Crippen LogP contribution in [0.15, 0.2) is 24.5 Å². The monoisotopic (exact) mass is 562 g/mol. The smallest absolute Gasteiger partial charge is 0.228 e. The standard InChI is InChI=1S/C15H15IN4.C10H20N2O/c16-20(12-4-2-1-3-5-12)15-13-8-11(9-17)6-7-14(13)18-10-19-15;1-4-10(2,3)9(13)12-7-5-11-6-8-12/h6-8,10,12H,1-5H2;11H,4-8H2,1-3H3. The number of hydrogen-bond donors (Lipinski definition) is 1. The van der Waals surface area contributed by atoms with Gasteiger partial charge in [-0.1, -0.05) is 40.0 Å². The van der Waals surface area contributed by atoms with E-state index in [1.807, 2.05) is 30.9 Å². The second-order valence-electron chi connectivity index (χ2n) is 9.42. The van der Waals surface area contributed by atoms with Gasteiger partial charge in [-0.15, -0.1) is 0 Å². The number of hydrogen-bond acceptors (Lipinski definition) is 6. The number of nitrogens with one attached hydrogen (secondary N) is 1. The van der Waals surface area contributed by atoms with Gasteiger partial charge in [0.25, 0.3) is 0 Å². The molecule has 1 aliphatic heterocycles. The quantitative estimate of drug-likeness (QED) is 0.424. The zero-order valence-electron chi connectivity index (χ0n) is 20.0. The molecule has 1 aromatic heterocycles. The Bertz CT molecular complexity index is 977. The molecule has 2 heterocycles. The van der Waals surface area contributed by atoms with Gasteiger partial charge in [0, 0.05) is 43.0 Å². The number of aromatic nitrogens is 2. The first-order chi connectivity index (χ1) is 15.9. The molecule has 0 spiro atoms. The first kappa shape index (κ1) is 25.6. The molecule has 0 atom stereocenters. The Hall–Kier alpha value is -1.99. The summed E-state index contributed by atoms with van der Waals surface area (Å²) in [6.07, 6.45) is 8.87. The lowest BCUT2D eigenvalue weighted by Gasteiger charge is -2.34. The predicted molar refractivity (Wildman–Crippen MR) is 141 cm³/mol. The van der Waals surface area contributed by atoms with Crippen molar-refractivity contribution in [2.75, 3.05) is 29.3 Å². The number of nitriles is 1. The normalized spacial score (nSPS) is 17.1. The fraction of sp³-hybridized carbons (Fsp3) is 0.600. The van der Waals surface area contributed by atoms with Gasteiger partial charge in [-0.2, -0.15) is 5.26 Å². The Morgan fingerprint density at radius 3 is 2.58 bits per heavy atom. The third-order valence-corrected chi connectivity index (χ3v) is 7.95. The van der Waals surface area contributed by atoms with Crippen molar-refractivity contribution in [3.63, 3.8) is 0 Å². The number of halogens is 1. The number of benzene rings is 1. The van der Waals surface area contributed by atoms with E-state index in [0.29, 0.717) is 17.5 Å². The molecule has 2 aliphatic rings. The van der Waals surface area contributed by atoms with Gasteiger partial charge in [-0.25, -0.2) is 9.97 Å². The van der Waals surface area contributed by atoms with Crippen LogP contribution < -0.4 is 8.43 Å². The molecule has 1 saturated carbocycles. The van der Waals surface area contributed by atoms with E-state index < -0.39 is 0 Å². The molecule has 0 radical (unpaired) electrons. The van der Waals surface area contributed by atoms with Gasteiger partial charge in [0.15, 0.2) is 0 Å². The van der Waals surface area contributed by atoms with Crippen LogP contribution in [0.2, 0.25) is 0 Å². The number of nitrogens with zero attached hydrogens (tertiary/aromatic N) is 5. The molecular weight excluding hydrogens is 527 g/mol. The van der Waals surface area contributed by atoms with E-state index in [4.69, 9.17) is 5.26 Å². The molecule has 33 heavy (non-hydrogen) atoms. The third-order valence-electron chi connectivity index (χ3n) is 6.71. The van der Waals surface area contributed by atoms with Crippen molar-refractivity contribution >= 4 is 45.5 Å². The summed E-state index contributed by atoms with van der Waals surface area (Å²) in [5.74, 6) is 1.23. The largest absolute Gasteiger partial charge is 0.340 e. The molecule has 1 aromatic carbocycles. The number of anilines is 1. The summed E-state index contributed by atoms with van der Waals surface area (Å²) in [5.41, 5.74) is 1.37. The minimum Gasteiger partial charge on any atom is -0.340 e. The predicted octanol–water partition coefficient (Wildman–Crippen LogP) is 4.84. The molecule has 2 fully saturated rings. The van der Waals surface area contributed by atoms with Crippen LogP contribution in [0.5, 0.6) is 0 Å². The summed E-state index contributed by atoms with van der Waals surface area (Å²) in [6, 6.07) is 8.31. The van der Waals surface area contributed by atoms with Gasteiger partial charge in [-0.3, -0.25) is 7.91 Å². The third kappa shape index (κ3) is 6.54. The van der Waals surface area contributed by atoms with Crippen molar-refractivity contribution in [2.45, 2.75) is 65.3 Å². The van der Waals surface area contributed by atoms with Crippen LogP contribution >= 0.6 is 22.9 Å². The molecular formula is C25H35IN6O. The van der Waals surface area contributed by atoms with E-state index in [1.54, 1.807) is 12.4 Å². The SMILES string of the molecule is CCC(C)(C)C(=O)N1CCNCC1.N#Cc1ccc2ncnc(N(I)C3CCCCC3)c2c1. The van der Waals surface area contributed by atoms with Gasteiger partial charge in [0.2, 0.25) is 5.91 Å². The average molecular weight is 562 g/mol. The van der Waals surface area contributed by atoms with Crippen molar-refractivity contribution < 1.29 is 4.79 Å². The van der Waals surface area contributed by atoms with Crippen LogP contribution in [0.1, 0.15) is 64.9 Å². The van der Waals surface area contributed by atoms with Crippen molar-refractivity contribution in [3.8, 4) is 6.07 Å². The fourth-order valence-electron chi connectivity index (χ4n) is 4.21. The van der Waals surface area contributed by atoms with Crippen LogP contribution in [-0.4, -0.2) is 53.0 Å². The van der Waals surface area contributed by atoms with Gasteiger partial charge in [0.05, 0.1) is 40.0 Å². The molecule has 8 heteroatoms. The molecule has 178 valence electrons. The van der Waals surface area contributed by atoms with Crippen molar-refractivity contribution in [3.05, 3.63) is 30.1 Å². The first-order valence-electron chi connectivity index (χ1n) is 12.0. The Morgan fingerprint density at radius 2 is 1.94 bits per heavy atom. The Balaban J connectivity index is 0.000000205. The summed E-state index contributed by atoms with van der Waals surface area (Å²) in [5, 5.41) is 13.3. The molecule has 0 unspecified atom stereocenters. The molecule has 1 aliphatic carbocycles. The van der Waals surface area contributed by atoms with E-state index in [0.717, 1.165) is 49.3 Å². The molecule has 0 bridgehead atoms. The van der Waals surface area contributed by atoms with E-state index in [1.165, 1.54) is 32.1 Å². The van der Waals surface area contributed by atoms with Gasteiger partial charge in [-0.05, 0) is 37.5 Å². The van der Waals surface area contributed by atoms with Gasteiger partial charge in [0.1, 0.15) is 12.1 Å². The summed E-state index contributed by atoms with van der Waals surface area (Å²) in [7, 11) is 0. The zero-order valence-corrected chi connectivity index (χ0v) is 22.1. The highest BCUT2D eigenvalue weighted by molar-refractivity contribution is 14.1. The maximum atomic E-state index is 11.9. The molecule has 4 rings (SSSR count). The Labute approximate surface area is 211 Å². The summed E-state index contributed by atoms with van der Waals surface area (Å²) in [6.45, 7) is 9.72. The number of carbonyl (C=O) groups excluding carboxylic acids is 1. The van der Waals surface area contributed by atoms with Crippen LogP contribution in [-0.2, 0) is 4.79 Å². The van der Waals surface area contributed by atoms with Crippen molar-refractivity contribution in [1.82, 2.24) is 20.2 Å². The van der Waals surface area contributed by atoms with Crippen LogP contribution in [0, 0.1) is 16.7 Å². The lowest BCUT2D eigenvalue weighted by molar-refractivity contribution is -0.141. The van der Waals surface area contributed by atoms with Crippen molar-refractivity contribution in [1.29, 1.82) is 5.26 Å². The minimum absolute atomic E-state index is 0.183. The summed E-state index contributed by atoms with van der Waals surface area (Å²) in [4.78, 5) is 22.7. The van der Waals surface area contributed by atoms with Gasteiger partial charge >= 0.3 is 0 Å². The van der Waals surface area contributed by atoms with E-state index >= 15 is 0 Å². The highest BCUT2D eigenvalue weighted by atomic mass is 127. The number of piperazine rings is 1. The van der Waals surface area contributed by atoms with Crippen molar-refractivity contribution in [2.24, 2.45) is 5.41 Å². The number of carbonyl (C=O) groups is 1. The number of rotatable bonds is 4. The van der Waals surface area contributed by atoms with Crippen LogP contribution in [0.3, 0.4) is 0 Å². The fourth-order valence-corrected chi connectivity index (χ4v) is 5.15. The molecule has 1 saturated heterocycles. The Morgan fingerprint density at radius 1 is 1.24 bits per heavy atom. The molecule has 1 N–H and O–H groups in total. The Kier molecular flexibility index (Phi) is 9.27. The maximum absolute atomic E-state index is 11.9. The zero-order chi connectivity index (χ0) is 23.8. The highest BCUT2D eigenvalue weighted by Crippen LogP contribution is 2.33. The van der Waals surface area contributed by atoms with E-state index in [2.05, 4.69) is 54.3 Å². The lowest BCUT2D eigenvalue weighted by Crippen LogP contribution is -2.50. The molecule has 2 aromatic rings. The average Bonchev–Trinajstić information content (AvgIpc) is 2.88.